The lowest BCUT2D eigenvalue weighted by Crippen LogP contribution is -2.17. The molecule has 0 bridgehead atoms. The summed E-state index contributed by atoms with van der Waals surface area (Å²) in [5.41, 5.74) is 1.15. The average Bonchev–Trinajstić information content (AvgIpc) is 3.24. The van der Waals surface area contributed by atoms with E-state index in [0.29, 0.717) is 34.5 Å². The first kappa shape index (κ1) is 15.5. The van der Waals surface area contributed by atoms with Gasteiger partial charge in [-0.15, -0.1) is 11.3 Å². The maximum atomic E-state index is 11.7. The van der Waals surface area contributed by atoms with E-state index in [0.717, 1.165) is 4.88 Å². The van der Waals surface area contributed by atoms with Crippen LogP contribution in [-0.2, 0) is 6.54 Å². The van der Waals surface area contributed by atoms with Gasteiger partial charge in [-0.2, -0.15) is 4.98 Å². The molecule has 0 radical (unpaired) electrons. The molecule has 2 heterocycles. The molecule has 0 unspecified atom stereocenters. The van der Waals surface area contributed by atoms with Crippen molar-refractivity contribution in [3.05, 3.63) is 52.1 Å². The zero-order chi connectivity index (χ0) is 16.2. The zero-order valence-electron chi connectivity index (χ0n) is 12.2. The van der Waals surface area contributed by atoms with Crippen LogP contribution in [0.5, 0.6) is 0 Å². The van der Waals surface area contributed by atoms with E-state index in [-0.39, 0.29) is 5.91 Å². The smallest absolute Gasteiger partial charge is 0.268 e. The highest BCUT2D eigenvalue weighted by molar-refractivity contribution is 7.13. The van der Waals surface area contributed by atoms with Gasteiger partial charge in [0, 0.05) is 12.6 Å². The molecule has 3 rings (SSSR count). The van der Waals surface area contributed by atoms with Gasteiger partial charge in [-0.1, -0.05) is 22.8 Å². The molecule has 0 atom stereocenters. The molecule has 0 saturated carbocycles. The second-order valence-corrected chi connectivity index (χ2v) is 5.98. The third-order valence-electron chi connectivity index (χ3n) is 3.09. The number of nitrogens with one attached hydrogen (secondary N) is 2. The summed E-state index contributed by atoms with van der Waals surface area (Å²) in [5.74, 6) is 0.820. The highest BCUT2D eigenvalue weighted by atomic mass is 35.5. The Hall–Kier alpha value is -2.38. The Morgan fingerprint density at radius 1 is 1.39 bits per heavy atom. The van der Waals surface area contributed by atoms with Gasteiger partial charge in [0.1, 0.15) is 0 Å². The number of hydrogen-bond donors (Lipinski definition) is 2. The quantitative estimate of drug-likeness (QED) is 0.738. The second kappa shape index (κ2) is 6.80. The number of aromatic nitrogens is 2. The van der Waals surface area contributed by atoms with Crippen LogP contribution in [0.25, 0.3) is 10.8 Å². The number of hydrogen-bond acceptors (Lipinski definition) is 6. The summed E-state index contributed by atoms with van der Waals surface area (Å²) in [6.45, 7) is 0.339. The molecule has 1 amide bonds. The molecule has 118 valence electrons. The van der Waals surface area contributed by atoms with Gasteiger partial charge in [0.15, 0.2) is 5.82 Å². The van der Waals surface area contributed by atoms with Gasteiger partial charge in [-0.05, 0) is 29.6 Å². The fraction of sp³-hybridized carbons (Fsp3) is 0.133. The van der Waals surface area contributed by atoms with Gasteiger partial charge in [0.25, 0.3) is 11.8 Å². The number of amides is 1. The highest BCUT2D eigenvalue weighted by Crippen LogP contribution is 2.25. The molecular weight excluding hydrogens is 336 g/mol. The Morgan fingerprint density at radius 3 is 3.00 bits per heavy atom. The minimum atomic E-state index is -0.177. The normalized spacial score (nSPS) is 10.5. The van der Waals surface area contributed by atoms with E-state index in [4.69, 9.17) is 16.1 Å². The van der Waals surface area contributed by atoms with Gasteiger partial charge in [0.05, 0.1) is 22.1 Å². The van der Waals surface area contributed by atoms with Crippen molar-refractivity contribution >= 4 is 34.5 Å². The van der Waals surface area contributed by atoms with Crippen LogP contribution < -0.4 is 10.6 Å². The largest absolute Gasteiger partial charge is 0.376 e. The summed E-state index contributed by atoms with van der Waals surface area (Å²) in [7, 11) is 1.58. The number of nitrogens with zero attached hydrogens (tertiary/aromatic N) is 2. The van der Waals surface area contributed by atoms with Gasteiger partial charge < -0.3 is 15.2 Å². The Kier molecular flexibility index (Phi) is 4.59. The molecule has 0 aliphatic carbocycles. The fourth-order valence-electron chi connectivity index (χ4n) is 1.95. The molecule has 23 heavy (non-hydrogen) atoms. The summed E-state index contributed by atoms with van der Waals surface area (Å²) in [4.78, 5) is 16.9. The lowest BCUT2D eigenvalue weighted by molar-refractivity contribution is 0.0963. The van der Waals surface area contributed by atoms with Crippen LogP contribution in [0.15, 0.2) is 40.2 Å². The van der Waals surface area contributed by atoms with Crippen molar-refractivity contribution in [3.8, 4) is 10.8 Å². The van der Waals surface area contributed by atoms with E-state index in [9.17, 15) is 4.79 Å². The standard InChI is InChI=1S/C15H13ClN4O2S/c1-17-14(21)9-4-5-10(16)11(7-9)18-8-13-19-15(22-20-13)12-3-2-6-23-12/h2-7,18H,8H2,1H3,(H,17,21). The number of carbonyl (C=O) groups is 1. The van der Waals surface area contributed by atoms with Crippen molar-refractivity contribution < 1.29 is 9.32 Å². The molecule has 8 heteroatoms. The van der Waals surface area contributed by atoms with Crippen LogP contribution in [0.2, 0.25) is 5.02 Å². The topological polar surface area (TPSA) is 80.0 Å². The molecule has 0 saturated heterocycles. The van der Waals surface area contributed by atoms with Crippen molar-refractivity contribution in [2.75, 3.05) is 12.4 Å². The minimum absolute atomic E-state index is 0.177. The first-order valence-electron chi connectivity index (χ1n) is 6.79. The Balaban J connectivity index is 1.72. The van der Waals surface area contributed by atoms with Gasteiger partial charge in [-0.25, -0.2) is 0 Å². The summed E-state index contributed by atoms with van der Waals surface area (Å²) in [6, 6.07) is 8.85. The molecular formula is C15H13ClN4O2S. The number of benzene rings is 1. The molecule has 6 nitrogen and oxygen atoms in total. The summed E-state index contributed by atoms with van der Waals surface area (Å²) in [5, 5.41) is 12.1. The third-order valence-corrected chi connectivity index (χ3v) is 4.28. The average molecular weight is 349 g/mol. The molecule has 0 aliphatic heterocycles. The molecule has 1 aromatic carbocycles. The minimum Gasteiger partial charge on any atom is -0.376 e. The Labute approximate surface area is 141 Å². The predicted octanol–water partition coefficient (Wildman–Crippen LogP) is 3.42. The monoisotopic (exact) mass is 348 g/mol. The number of rotatable bonds is 5. The van der Waals surface area contributed by atoms with Crippen molar-refractivity contribution in [1.82, 2.24) is 15.5 Å². The van der Waals surface area contributed by atoms with E-state index < -0.39 is 0 Å². The number of halogens is 1. The van der Waals surface area contributed by atoms with Gasteiger partial charge in [-0.3, -0.25) is 4.79 Å². The molecule has 0 aliphatic rings. The summed E-state index contributed by atoms with van der Waals surface area (Å²) < 4.78 is 5.22. The highest BCUT2D eigenvalue weighted by Gasteiger charge is 2.11. The van der Waals surface area contributed by atoms with Crippen LogP contribution in [0, 0.1) is 0 Å². The molecule has 0 fully saturated rings. The van der Waals surface area contributed by atoms with Crippen molar-refractivity contribution in [2.45, 2.75) is 6.54 Å². The van der Waals surface area contributed by atoms with Gasteiger partial charge >= 0.3 is 0 Å². The fourth-order valence-corrected chi connectivity index (χ4v) is 2.78. The van der Waals surface area contributed by atoms with Crippen LogP contribution >= 0.6 is 22.9 Å². The molecule has 0 spiro atoms. The summed E-state index contributed by atoms with van der Waals surface area (Å²) in [6.07, 6.45) is 0. The predicted molar refractivity (Wildman–Crippen MR) is 89.8 cm³/mol. The second-order valence-electron chi connectivity index (χ2n) is 4.62. The summed E-state index contributed by atoms with van der Waals surface area (Å²) >= 11 is 7.67. The van der Waals surface area contributed by atoms with E-state index in [1.54, 1.807) is 25.2 Å². The Morgan fingerprint density at radius 2 is 2.26 bits per heavy atom. The van der Waals surface area contributed by atoms with E-state index in [1.165, 1.54) is 11.3 Å². The number of anilines is 1. The van der Waals surface area contributed by atoms with E-state index in [1.807, 2.05) is 17.5 Å². The van der Waals surface area contributed by atoms with E-state index in [2.05, 4.69) is 20.8 Å². The van der Waals surface area contributed by atoms with Gasteiger partial charge in [0.2, 0.25) is 0 Å². The number of thiophene rings is 1. The van der Waals surface area contributed by atoms with Crippen molar-refractivity contribution in [1.29, 1.82) is 0 Å². The third kappa shape index (κ3) is 3.52. The van der Waals surface area contributed by atoms with Crippen LogP contribution in [0.4, 0.5) is 5.69 Å². The molecule has 2 N–H and O–H groups in total. The molecule has 2 aromatic heterocycles. The lowest BCUT2D eigenvalue weighted by atomic mass is 10.2. The maximum absolute atomic E-state index is 11.7. The van der Waals surface area contributed by atoms with E-state index >= 15 is 0 Å². The number of carbonyl (C=O) groups excluding carboxylic acids is 1. The zero-order valence-corrected chi connectivity index (χ0v) is 13.7. The first-order valence-corrected chi connectivity index (χ1v) is 8.05. The lowest BCUT2D eigenvalue weighted by Gasteiger charge is -2.08. The maximum Gasteiger partial charge on any atom is 0.268 e. The first-order chi connectivity index (χ1) is 11.2. The van der Waals surface area contributed by atoms with Crippen LogP contribution in [0.1, 0.15) is 16.2 Å². The van der Waals surface area contributed by atoms with Crippen molar-refractivity contribution in [2.24, 2.45) is 0 Å². The van der Waals surface area contributed by atoms with Crippen molar-refractivity contribution in [3.63, 3.8) is 0 Å². The Bertz CT molecular complexity index is 817. The van der Waals surface area contributed by atoms with Crippen LogP contribution in [-0.4, -0.2) is 23.1 Å². The molecule has 3 aromatic rings. The van der Waals surface area contributed by atoms with Crippen LogP contribution in [0.3, 0.4) is 0 Å². The SMILES string of the molecule is CNC(=O)c1ccc(Cl)c(NCc2noc(-c3cccs3)n2)c1.